The molecule has 3 aliphatic heterocycles. The molecule has 6 nitrogen and oxygen atoms in total. The highest BCUT2D eigenvalue weighted by Gasteiger charge is 2.32. The Morgan fingerprint density at radius 1 is 0.957 bits per heavy atom. The van der Waals surface area contributed by atoms with E-state index in [-0.39, 0.29) is 17.7 Å². The van der Waals surface area contributed by atoms with Crippen LogP contribution < -0.4 is 5.32 Å². The normalized spacial score (nSPS) is 30.2. The zero-order valence-corrected chi connectivity index (χ0v) is 14.5. The van der Waals surface area contributed by atoms with E-state index in [1.165, 1.54) is 6.42 Å². The predicted octanol–water partition coefficient (Wildman–Crippen LogP) is -0.145. The van der Waals surface area contributed by atoms with Gasteiger partial charge in [-0.25, -0.2) is 0 Å². The molecule has 130 valence electrons. The smallest absolute Gasteiger partial charge is 0.236 e. The lowest BCUT2D eigenvalue weighted by Gasteiger charge is -2.40. The molecule has 1 N–H and O–H groups in total. The number of carbonyl (C=O) groups is 2. The lowest BCUT2D eigenvalue weighted by Crippen LogP contribution is -2.57. The van der Waals surface area contributed by atoms with Crippen LogP contribution in [-0.4, -0.2) is 85.4 Å². The van der Waals surface area contributed by atoms with E-state index >= 15 is 0 Å². The Hall–Kier alpha value is -1.14. The molecule has 2 atom stereocenters. The van der Waals surface area contributed by atoms with E-state index in [1.807, 2.05) is 9.80 Å². The lowest BCUT2D eigenvalue weighted by molar-refractivity contribution is -0.140. The standard InChI is InChI=1S/C17H30N4O2/c1-13-7-14(2)11-21(10-13)16(22)12-19-3-5-20(6-4-19)17(23)15-8-18-9-15/h13-15,18H,3-12H2,1-2H3. The maximum absolute atomic E-state index is 12.5. The lowest BCUT2D eigenvalue weighted by atomic mass is 9.92. The summed E-state index contributed by atoms with van der Waals surface area (Å²) in [6.07, 6.45) is 1.22. The molecule has 2 amide bonds. The summed E-state index contributed by atoms with van der Waals surface area (Å²) in [5, 5.41) is 3.15. The highest BCUT2D eigenvalue weighted by atomic mass is 16.2. The molecule has 0 radical (unpaired) electrons. The van der Waals surface area contributed by atoms with Crippen molar-refractivity contribution < 1.29 is 9.59 Å². The molecule has 0 aromatic carbocycles. The molecule has 0 aromatic heterocycles. The number of hydrogen-bond acceptors (Lipinski definition) is 4. The Labute approximate surface area is 139 Å². The van der Waals surface area contributed by atoms with E-state index in [9.17, 15) is 9.59 Å². The molecule has 0 spiro atoms. The highest BCUT2D eigenvalue weighted by molar-refractivity contribution is 5.80. The number of nitrogens with zero attached hydrogens (tertiary/aromatic N) is 3. The van der Waals surface area contributed by atoms with Gasteiger partial charge >= 0.3 is 0 Å². The summed E-state index contributed by atoms with van der Waals surface area (Å²) in [7, 11) is 0. The summed E-state index contributed by atoms with van der Waals surface area (Å²) >= 11 is 0. The fourth-order valence-electron chi connectivity index (χ4n) is 4.01. The van der Waals surface area contributed by atoms with Crippen LogP contribution in [0.4, 0.5) is 0 Å². The molecule has 0 aliphatic carbocycles. The van der Waals surface area contributed by atoms with Gasteiger partial charge in [0.25, 0.3) is 0 Å². The minimum atomic E-state index is 0.180. The maximum atomic E-state index is 12.5. The van der Waals surface area contributed by atoms with Crippen molar-refractivity contribution in [1.82, 2.24) is 20.0 Å². The van der Waals surface area contributed by atoms with E-state index in [4.69, 9.17) is 0 Å². The van der Waals surface area contributed by atoms with Gasteiger partial charge in [-0.1, -0.05) is 13.8 Å². The third kappa shape index (κ3) is 4.04. The van der Waals surface area contributed by atoms with Gasteiger partial charge in [0.05, 0.1) is 12.5 Å². The third-order valence-electron chi connectivity index (χ3n) is 5.40. The second-order valence-electron chi connectivity index (χ2n) is 7.70. The minimum Gasteiger partial charge on any atom is -0.341 e. The maximum Gasteiger partial charge on any atom is 0.236 e. The van der Waals surface area contributed by atoms with Crippen LogP contribution in [0.5, 0.6) is 0 Å². The van der Waals surface area contributed by atoms with Crippen molar-refractivity contribution in [3.63, 3.8) is 0 Å². The SMILES string of the molecule is CC1CC(C)CN(C(=O)CN2CCN(C(=O)C3CNC3)CC2)C1. The average Bonchev–Trinajstić information content (AvgIpc) is 2.45. The number of piperazine rings is 1. The molecule has 0 saturated carbocycles. The van der Waals surface area contributed by atoms with Crippen molar-refractivity contribution in [3.8, 4) is 0 Å². The number of nitrogens with one attached hydrogen (secondary N) is 1. The van der Waals surface area contributed by atoms with Crippen LogP contribution in [0.2, 0.25) is 0 Å². The Bertz CT molecular complexity index is 434. The van der Waals surface area contributed by atoms with Crippen LogP contribution in [0.3, 0.4) is 0 Å². The summed E-state index contributed by atoms with van der Waals surface area (Å²) in [4.78, 5) is 31.0. The quantitative estimate of drug-likeness (QED) is 0.785. The van der Waals surface area contributed by atoms with Crippen LogP contribution in [0, 0.1) is 17.8 Å². The Morgan fingerprint density at radius 2 is 1.57 bits per heavy atom. The average molecular weight is 322 g/mol. The summed E-state index contributed by atoms with van der Waals surface area (Å²) < 4.78 is 0. The Kier molecular flexibility index (Phi) is 5.21. The second-order valence-corrected chi connectivity index (χ2v) is 7.70. The molecule has 3 heterocycles. The van der Waals surface area contributed by atoms with Gasteiger partial charge in [0, 0.05) is 52.4 Å². The van der Waals surface area contributed by atoms with Gasteiger partial charge in [0.15, 0.2) is 0 Å². The molecule has 3 saturated heterocycles. The van der Waals surface area contributed by atoms with Crippen molar-refractivity contribution in [2.75, 3.05) is 58.9 Å². The second kappa shape index (κ2) is 7.18. The predicted molar refractivity (Wildman–Crippen MR) is 88.9 cm³/mol. The van der Waals surface area contributed by atoms with Crippen molar-refractivity contribution in [3.05, 3.63) is 0 Å². The molecular weight excluding hydrogens is 292 g/mol. The number of hydrogen-bond donors (Lipinski definition) is 1. The van der Waals surface area contributed by atoms with Gasteiger partial charge in [-0.05, 0) is 18.3 Å². The van der Waals surface area contributed by atoms with Crippen LogP contribution in [0.15, 0.2) is 0 Å². The first-order chi connectivity index (χ1) is 11.0. The van der Waals surface area contributed by atoms with Crippen LogP contribution in [0.25, 0.3) is 0 Å². The van der Waals surface area contributed by atoms with Crippen molar-refractivity contribution in [2.45, 2.75) is 20.3 Å². The molecule has 0 aromatic rings. The van der Waals surface area contributed by atoms with Gasteiger partial charge < -0.3 is 15.1 Å². The van der Waals surface area contributed by atoms with Gasteiger partial charge in [-0.15, -0.1) is 0 Å². The molecule has 23 heavy (non-hydrogen) atoms. The van der Waals surface area contributed by atoms with Crippen LogP contribution >= 0.6 is 0 Å². The molecule has 3 rings (SSSR count). The van der Waals surface area contributed by atoms with Crippen LogP contribution in [0.1, 0.15) is 20.3 Å². The van der Waals surface area contributed by atoms with Gasteiger partial charge in [-0.2, -0.15) is 0 Å². The molecule has 3 fully saturated rings. The molecule has 2 unspecified atom stereocenters. The Balaban J connectivity index is 1.43. The molecule has 6 heteroatoms. The molecule has 3 aliphatic rings. The number of rotatable bonds is 3. The van der Waals surface area contributed by atoms with E-state index in [0.717, 1.165) is 52.4 Å². The zero-order chi connectivity index (χ0) is 16.4. The van der Waals surface area contributed by atoms with Crippen molar-refractivity contribution >= 4 is 11.8 Å². The summed E-state index contributed by atoms with van der Waals surface area (Å²) in [6, 6.07) is 0. The zero-order valence-electron chi connectivity index (χ0n) is 14.5. The minimum absolute atomic E-state index is 0.180. The fraction of sp³-hybridized carbons (Fsp3) is 0.882. The van der Waals surface area contributed by atoms with Gasteiger partial charge in [0.1, 0.15) is 0 Å². The summed E-state index contributed by atoms with van der Waals surface area (Å²) in [5.41, 5.74) is 0. The van der Waals surface area contributed by atoms with Crippen molar-refractivity contribution in [2.24, 2.45) is 17.8 Å². The number of likely N-dealkylation sites (tertiary alicyclic amines) is 1. The first-order valence-corrected chi connectivity index (χ1v) is 9.02. The van der Waals surface area contributed by atoms with E-state index in [1.54, 1.807) is 0 Å². The number of carbonyl (C=O) groups excluding carboxylic acids is 2. The third-order valence-corrected chi connectivity index (χ3v) is 5.40. The highest BCUT2D eigenvalue weighted by Crippen LogP contribution is 2.21. The fourth-order valence-corrected chi connectivity index (χ4v) is 4.01. The summed E-state index contributed by atoms with van der Waals surface area (Å²) in [5.74, 6) is 1.93. The monoisotopic (exact) mass is 322 g/mol. The van der Waals surface area contributed by atoms with Gasteiger partial charge in [0.2, 0.25) is 11.8 Å². The molecular formula is C17H30N4O2. The molecule has 0 bridgehead atoms. The van der Waals surface area contributed by atoms with Crippen molar-refractivity contribution in [1.29, 1.82) is 0 Å². The first-order valence-electron chi connectivity index (χ1n) is 9.02. The number of piperidine rings is 1. The topological polar surface area (TPSA) is 55.9 Å². The van der Waals surface area contributed by atoms with Gasteiger partial charge in [-0.3, -0.25) is 14.5 Å². The first kappa shape index (κ1) is 16.7. The Morgan fingerprint density at radius 3 is 2.09 bits per heavy atom. The van der Waals surface area contributed by atoms with E-state index in [0.29, 0.717) is 18.4 Å². The summed E-state index contributed by atoms with van der Waals surface area (Å²) in [6.45, 7) is 11.6. The number of amides is 2. The largest absolute Gasteiger partial charge is 0.341 e. The van der Waals surface area contributed by atoms with Crippen LogP contribution in [-0.2, 0) is 9.59 Å². The van der Waals surface area contributed by atoms with E-state index in [2.05, 4.69) is 24.1 Å². The van der Waals surface area contributed by atoms with E-state index < -0.39 is 0 Å².